The number of hydrazone groups is 1. The van der Waals surface area contributed by atoms with Crippen LogP contribution in [0, 0.1) is 5.82 Å². The third-order valence-corrected chi connectivity index (χ3v) is 5.64. The molecule has 2 aliphatic heterocycles. The zero-order chi connectivity index (χ0) is 21.1. The van der Waals surface area contributed by atoms with Crippen LogP contribution >= 0.6 is 11.3 Å². The first-order chi connectivity index (χ1) is 14.5. The Balaban J connectivity index is 1.40. The number of ether oxygens (including phenoxy) is 1. The molecule has 30 heavy (non-hydrogen) atoms. The maximum Gasteiger partial charge on any atom is 0.414 e. The van der Waals surface area contributed by atoms with Crippen molar-refractivity contribution in [1.82, 2.24) is 10.3 Å². The van der Waals surface area contributed by atoms with Crippen molar-refractivity contribution in [2.24, 2.45) is 5.10 Å². The van der Waals surface area contributed by atoms with Gasteiger partial charge in [0.25, 0.3) is 0 Å². The molecule has 1 aromatic heterocycles. The average Bonchev–Trinajstić information content (AvgIpc) is 3.36. The summed E-state index contributed by atoms with van der Waals surface area (Å²) in [5.41, 5.74) is 2.02. The topological polar surface area (TPSA) is 77.5 Å². The molecular formula is C20H22FN5O3S. The third-order valence-electron chi connectivity index (χ3n) is 4.90. The number of cyclic esters (lactones) is 1. The highest BCUT2D eigenvalue weighted by atomic mass is 32.1. The molecule has 2 aromatic rings. The van der Waals surface area contributed by atoms with E-state index in [2.05, 4.69) is 21.9 Å². The second-order valence-electron chi connectivity index (χ2n) is 7.13. The van der Waals surface area contributed by atoms with Crippen molar-refractivity contribution in [3.63, 3.8) is 0 Å². The molecule has 0 bridgehead atoms. The van der Waals surface area contributed by atoms with Crippen LogP contribution in [0.25, 0.3) is 0 Å². The predicted molar refractivity (Wildman–Crippen MR) is 113 cm³/mol. The lowest BCUT2D eigenvalue weighted by Crippen LogP contribution is -2.38. The maximum atomic E-state index is 14.8. The lowest BCUT2D eigenvalue weighted by atomic mass is 10.2. The summed E-state index contributed by atoms with van der Waals surface area (Å²) in [5, 5.41) is 13.1. The van der Waals surface area contributed by atoms with Gasteiger partial charge in [0.1, 0.15) is 18.3 Å². The van der Waals surface area contributed by atoms with E-state index in [9.17, 15) is 14.0 Å². The van der Waals surface area contributed by atoms with Crippen LogP contribution in [0.15, 0.2) is 40.1 Å². The Morgan fingerprint density at radius 3 is 2.90 bits per heavy atom. The Morgan fingerprint density at radius 2 is 2.23 bits per heavy atom. The monoisotopic (exact) mass is 431 g/mol. The Hall–Kier alpha value is -3.14. The molecule has 8 nitrogen and oxygen atoms in total. The first-order valence-electron chi connectivity index (χ1n) is 9.58. The Morgan fingerprint density at radius 1 is 1.37 bits per heavy atom. The molecule has 0 saturated carbocycles. The van der Waals surface area contributed by atoms with Crippen LogP contribution in [0.3, 0.4) is 0 Å². The number of amides is 2. The molecule has 1 atom stereocenters. The fourth-order valence-corrected chi connectivity index (χ4v) is 4.02. The van der Waals surface area contributed by atoms with Crippen LogP contribution in [0.1, 0.15) is 12.5 Å². The zero-order valence-corrected chi connectivity index (χ0v) is 17.3. The molecule has 158 valence electrons. The Bertz CT molecular complexity index is 952. The van der Waals surface area contributed by atoms with Crippen molar-refractivity contribution in [3.05, 3.63) is 46.4 Å². The summed E-state index contributed by atoms with van der Waals surface area (Å²) in [5.74, 6) is -0.639. The number of hydrogen-bond acceptors (Lipinski definition) is 7. The number of rotatable bonds is 6. The molecule has 2 amide bonds. The number of carbonyl (C=O) groups excluding carboxylic acids is 2. The number of thiophene rings is 1. The first-order valence-corrected chi connectivity index (χ1v) is 10.5. The quantitative estimate of drug-likeness (QED) is 0.761. The lowest BCUT2D eigenvalue weighted by molar-refractivity contribution is -0.119. The molecule has 10 heteroatoms. The fourth-order valence-electron chi connectivity index (χ4n) is 3.36. The number of anilines is 2. The molecule has 0 aliphatic carbocycles. The standard InChI is InChI=1S/C20H22FN5O3S/c1-14(27)22-9-17-11-26(20(28)29-17)16-2-3-19(18(21)8-16)24-5-6-25(23-13-24)10-15-4-7-30-12-15/h2-4,7-8,12-13,17H,5-6,9-11H2,1H3,(H,22,27)/t17-/m0/s1. The fraction of sp³-hybridized carbons (Fsp3) is 0.350. The number of nitrogens with one attached hydrogen (secondary N) is 1. The van der Waals surface area contributed by atoms with Gasteiger partial charge in [-0.2, -0.15) is 16.4 Å². The number of nitrogens with zero attached hydrogens (tertiary/aromatic N) is 4. The number of benzene rings is 1. The van der Waals surface area contributed by atoms with E-state index in [1.807, 2.05) is 10.4 Å². The molecule has 1 fully saturated rings. The van der Waals surface area contributed by atoms with Gasteiger partial charge in [0.15, 0.2) is 0 Å². The Kier molecular flexibility index (Phi) is 5.84. The highest BCUT2D eigenvalue weighted by molar-refractivity contribution is 7.07. The normalized spacial score (nSPS) is 18.7. The van der Waals surface area contributed by atoms with E-state index < -0.39 is 18.0 Å². The Labute approximate surface area is 177 Å². The number of hydrogen-bond donors (Lipinski definition) is 1. The molecule has 2 aliphatic rings. The van der Waals surface area contributed by atoms with Gasteiger partial charge in [-0.05, 0) is 40.6 Å². The van der Waals surface area contributed by atoms with E-state index in [4.69, 9.17) is 4.74 Å². The van der Waals surface area contributed by atoms with Gasteiger partial charge in [-0.1, -0.05) is 0 Å². The summed E-state index contributed by atoms with van der Waals surface area (Å²) in [7, 11) is 0. The van der Waals surface area contributed by atoms with Gasteiger partial charge in [-0.25, -0.2) is 9.18 Å². The molecule has 1 saturated heterocycles. The van der Waals surface area contributed by atoms with Crippen LogP contribution in [0.2, 0.25) is 0 Å². The van der Waals surface area contributed by atoms with Gasteiger partial charge >= 0.3 is 6.09 Å². The van der Waals surface area contributed by atoms with Gasteiger partial charge in [-0.3, -0.25) is 14.7 Å². The van der Waals surface area contributed by atoms with Gasteiger partial charge in [-0.15, -0.1) is 0 Å². The van der Waals surface area contributed by atoms with Crippen LogP contribution in [-0.2, 0) is 16.1 Å². The molecule has 0 unspecified atom stereocenters. The molecule has 4 rings (SSSR count). The molecule has 0 radical (unpaired) electrons. The van der Waals surface area contributed by atoms with E-state index in [-0.39, 0.29) is 19.0 Å². The van der Waals surface area contributed by atoms with Crippen LogP contribution in [0.4, 0.5) is 20.6 Å². The highest BCUT2D eigenvalue weighted by Crippen LogP contribution is 2.28. The SMILES string of the molecule is CC(=O)NC[C@H]1CN(c2ccc(N3C=NN(Cc4ccsc4)CC3)c(F)c2)C(=O)O1. The lowest BCUT2D eigenvalue weighted by Gasteiger charge is -2.30. The molecule has 0 spiro atoms. The van der Waals surface area contributed by atoms with E-state index in [0.717, 1.165) is 6.54 Å². The number of halogens is 1. The maximum absolute atomic E-state index is 14.8. The minimum Gasteiger partial charge on any atom is -0.442 e. The molecule has 1 aromatic carbocycles. The van der Waals surface area contributed by atoms with E-state index in [1.54, 1.807) is 34.7 Å². The zero-order valence-electron chi connectivity index (χ0n) is 16.5. The summed E-state index contributed by atoms with van der Waals surface area (Å²) in [6.07, 6.45) is 0.607. The van der Waals surface area contributed by atoms with Gasteiger partial charge in [0, 0.05) is 13.5 Å². The van der Waals surface area contributed by atoms with Crippen LogP contribution in [-0.4, -0.2) is 55.6 Å². The second kappa shape index (κ2) is 8.70. The highest BCUT2D eigenvalue weighted by Gasteiger charge is 2.33. The predicted octanol–water partition coefficient (Wildman–Crippen LogP) is 2.61. The summed E-state index contributed by atoms with van der Waals surface area (Å²) in [4.78, 5) is 26.3. The molecular weight excluding hydrogens is 409 g/mol. The average molecular weight is 431 g/mol. The smallest absolute Gasteiger partial charge is 0.414 e. The minimum atomic E-state index is -0.555. The summed E-state index contributed by atoms with van der Waals surface area (Å²) >= 11 is 1.65. The van der Waals surface area contributed by atoms with Crippen molar-refractivity contribution < 1.29 is 18.7 Å². The minimum absolute atomic E-state index is 0.197. The second-order valence-corrected chi connectivity index (χ2v) is 7.91. The van der Waals surface area contributed by atoms with Gasteiger partial charge in [0.05, 0.1) is 37.6 Å². The summed E-state index contributed by atoms with van der Waals surface area (Å²) < 4.78 is 20.1. The largest absolute Gasteiger partial charge is 0.442 e. The van der Waals surface area contributed by atoms with Crippen LogP contribution in [0.5, 0.6) is 0 Å². The van der Waals surface area contributed by atoms with Gasteiger partial charge < -0.3 is 15.0 Å². The van der Waals surface area contributed by atoms with Gasteiger partial charge in [0.2, 0.25) is 5.91 Å². The molecule has 1 N–H and O–H groups in total. The molecule has 3 heterocycles. The van der Waals surface area contributed by atoms with E-state index in [1.165, 1.54) is 23.5 Å². The first kappa shape index (κ1) is 20.1. The van der Waals surface area contributed by atoms with Crippen molar-refractivity contribution in [3.8, 4) is 0 Å². The third kappa shape index (κ3) is 4.54. The summed E-state index contributed by atoms with van der Waals surface area (Å²) in [6.45, 7) is 3.88. The van der Waals surface area contributed by atoms with Crippen molar-refractivity contribution >= 4 is 41.1 Å². The summed E-state index contributed by atoms with van der Waals surface area (Å²) in [6, 6.07) is 6.71. The van der Waals surface area contributed by atoms with Crippen molar-refractivity contribution in [2.45, 2.75) is 19.6 Å². The van der Waals surface area contributed by atoms with Crippen molar-refractivity contribution in [1.29, 1.82) is 0 Å². The number of carbonyl (C=O) groups is 2. The van der Waals surface area contributed by atoms with E-state index in [0.29, 0.717) is 24.5 Å². The van der Waals surface area contributed by atoms with Crippen molar-refractivity contribution in [2.75, 3.05) is 36.0 Å². The van der Waals surface area contributed by atoms with Crippen LogP contribution < -0.4 is 15.1 Å². The van der Waals surface area contributed by atoms with E-state index >= 15 is 0 Å².